The van der Waals surface area contributed by atoms with Crippen molar-refractivity contribution in [3.63, 3.8) is 0 Å². The summed E-state index contributed by atoms with van der Waals surface area (Å²) in [5.74, 6) is 0.811. The van der Waals surface area contributed by atoms with Crippen LogP contribution in [0.15, 0.2) is 18.2 Å². The van der Waals surface area contributed by atoms with E-state index in [-0.39, 0.29) is 0 Å². The Morgan fingerprint density at radius 1 is 1.10 bits per heavy atom. The van der Waals surface area contributed by atoms with E-state index >= 15 is 0 Å². The van der Waals surface area contributed by atoms with E-state index in [1.165, 1.54) is 0 Å². The van der Waals surface area contributed by atoms with E-state index in [2.05, 4.69) is 6.92 Å². The number of benzene rings is 1. The van der Waals surface area contributed by atoms with E-state index in [1.54, 1.807) is 6.92 Å². The summed E-state index contributed by atoms with van der Waals surface area (Å²) in [6.45, 7) is 8.79. The van der Waals surface area contributed by atoms with Crippen LogP contribution in [0, 0.1) is 0 Å². The Morgan fingerprint density at radius 3 is 2.50 bits per heavy atom. The molecule has 0 spiro atoms. The Hall–Kier alpha value is -1.10. The second kappa shape index (κ2) is 9.75. The van der Waals surface area contributed by atoms with Crippen LogP contribution in [-0.2, 0) is 16.1 Å². The van der Waals surface area contributed by atoms with E-state index in [0.29, 0.717) is 26.4 Å². The molecule has 1 aromatic rings. The number of rotatable bonds is 10. The van der Waals surface area contributed by atoms with Crippen molar-refractivity contribution in [3.8, 4) is 5.75 Å². The van der Waals surface area contributed by atoms with Gasteiger partial charge in [-0.2, -0.15) is 0 Å². The summed E-state index contributed by atoms with van der Waals surface area (Å²) in [5.41, 5.74) is 1.83. The zero-order valence-corrected chi connectivity index (χ0v) is 12.7. The van der Waals surface area contributed by atoms with Gasteiger partial charge in [-0.05, 0) is 38.0 Å². The highest BCUT2D eigenvalue weighted by atomic mass is 16.5. The van der Waals surface area contributed by atoms with E-state index in [0.717, 1.165) is 29.9 Å². The van der Waals surface area contributed by atoms with Gasteiger partial charge in [-0.3, -0.25) is 0 Å². The van der Waals surface area contributed by atoms with E-state index in [9.17, 15) is 5.11 Å². The monoisotopic (exact) mass is 282 g/mol. The Balaban J connectivity index is 2.54. The maximum atomic E-state index is 9.64. The standard InChI is InChI=1S/C16H26O4/c1-4-8-18-9-10-19-12-15-11-14(13(3)17)6-7-16(15)20-5-2/h6-7,11,13,17H,4-5,8-10,12H2,1-3H3. The minimum Gasteiger partial charge on any atom is -0.494 e. The second-order valence-electron chi connectivity index (χ2n) is 4.64. The van der Waals surface area contributed by atoms with Gasteiger partial charge in [-0.25, -0.2) is 0 Å². The molecule has 1 aromatic carbocycles. The maximum Gasteiger partial charge on any atom is 0.124 e. The lowest BCUT2D eigenvalue weighted by Crippen LogP contribution is -2.06. The van der Waals surface area contributed by atoms with Gasteiger partial charge >= 0.3 is 0 Å². The van der Waals surface area contributed by atoms with Crippen molar-refractivity contribution in [3.05, 3.63) is 29.3 Å². The minimum absolute atomic E-state index is 0.464. The molecule has 4 nitrogen and oxygen atoms in total. The maximum absolute atomic E-state index is 9.64. The first kappa shape index (κ1) is 17.0. The van der Waals surface area contributed by atoms with Gasteiger partial charge in [0.05, 0.1) is 32.5 Å². The normalized spacial score (nSPS) is 12.4. The largest absolute Gasteiger partial charge is 0.494 e. The van der Waals surface area contributed by atoms with Crippen molar-refractivity contribution in [2.75, 3.05) is 26.4 Å². The molecule has 0 aliphatic carbocycles. The fourth-order valence-corrected chi connectivity index (χ4v) is 1.81. The van der Waals surface area contributed by atoms with Crippen molar-refractivity contribution < 1.29 is 19.3 Å². The molecule has 0 saturated heterocycles. The van der Waals surface area contributed by atoms with Crippen LogP contribution in [0.4, 0.5) is 0 Å². The number of aliphatic hydroxyl groups is 1. The zero-order chi connectivity index (χ0) is 14.8. The molecule has 0 saturated carbocycles. The molecular formula is C16H26O4. The lowest BCUT2D eigenvalue weighted by Gasteiger charge is -2.14. The topological polar surface area (TPSA) is 47.9 Å². The third kappa shape index (κ3) is 5.90. The van der Waals surface area contributed by atoms with Gasteiger partial charge < -0.3 is 19.3 Å². The molecule has 0 amide bonds. The summed E-state index contributed by atoms with van der Waals surface area (Å²) < 4.78 is 16.5. The molecule has 20 heavy (non-hydrogen) atoms. The molecule has 1 atom stereocenters. The highest BCUT2D eigenvalue weighted by Crippen LogP contribution is 2.24. The van der Waals surface area contributed by atoms with Crippen molar-refractivity contribution in [1.82, 2.24) is 0 Å². The van der Waals surface area contributed by atoms with Gasteiger partial charge in [0.25, 0.3) is 0 Å². The molecule has 0 aliphatic heterocycles. The van der Waals surface area contributed by atoms with Gasteiger partial charge in [-0.1, -0.05) is 13.0 Å². The fraction of sp³-hybridized carbons (Fsp3) is 0.625. The van der Waals surface area contributed by atoms with Crippen LogP contribution in [0.25, 0.3) is 0 Å². The molecule has 114 valence electrons. The average Bonchev–Trinajstić information content (AvgIpc) is 2.44. The first-order chi connectivity index (χ1) is 9.69. The lowest BCUT2D eigenvalue weighted by atomic mass is 10.1. The van der Waals surface area contributed by atoms with E-state index < -0.39 is 6.10 Å². The highest BCUT2D eigenvalue weighted by molar-refractivity contribution is 5.37. The van der Waals surface area contributed by atoms with E-state index in [4.69, 9.17) is 14.2 Å². The molecule has 0 aliphatic rings. The van der Waals surface area contributed by atoms with Gasteiger partial charge in [0, 0.05) is 12.2 Å². The third-order valence-electron chi connectivity index (χ3n) is 2.84. The van der Waals surface area contributed by atoms with Crippen LogP contribution >= 0.6 is 0 Å². The summed E-state index contributed by atoms with van der Waals surface area (Å²) in [6.07, 6.45) is 0.530. The van der Waals surface area contributed by atoms with Crippen LogP contribution < -0.4 is 4.74 Å². The minimum atomic E-state index is -0.489. The van der Waals surface area contributed by atoms with Crippen molar-refractivity contribution in [2.24, 2.45) is 0 Å². The SMILES string of the molecule is CCCOCCOCc1cc(C(C)O)ccc1OCC. The quantitative estimate of drug-likeness (QED) is 0.670. The first-order valence-corrected chi connectivity index (χ1v) is 7.28. The van der Waals surface area contributed by atoms with Gasteiger partial charge in [0.1, 0.15) is 5.75 Å². The number of hydrogen-bond acceptors (Lipinski definition) is 4. The van der Waals surface area contributed by atoms with Crippen LogP contribution in [0.5, 0.6) is 5.75 Å². The molecule has 0 fully saturated rings. The average molecular weight is 282 g/mol. The number of ether oxygens (including phenoxy) is 3. The predicted molar refractivity (Wildman–Crippen MR) is 79.0 cm³/mol. The molecule has 0 bridgehead atoms. The Bertz CT molecular complexity index is 377. The van der Waals surface area contributed by atoms with Gasteiger partial charge in [0.15, 0.2) is 0 Å². The van der Waals surface area contributed by atoms with Crippen LogP contribution in [0.1, 0.15) is 44.4 Å². The Kier molecular flexibility index (Phi) is 8.26. The molecule has 0 radical (unpaired) electrons. The van der Waals surface area contributed by atoms with Crippen molar-refractivity contribution >= 4 is 0 Å². The van der Waals surface area contributed by atoms with Crippen molar-refractivity contribution in [2.45, 2.75) is 39.9 Å². The van der Waals surface area contributed by atoms with Gasteiger partial charge in [0.2, 0.25) is 0 Å². The van der Waals surface area contributed by atoms with Crippen LogP contribution in [0.2, 0.25) is 0 Å². The predicted octanol–water partition coefficient (Wildman–Crippen LogP) is 3.08. The molecule has 4 heteroatoms. The summed E-state index contributed by atoms with van der Waals surface area (Å²) >= 11 is 0. The molecule has 0 aromatic heterocycles. The molecule has 0 heterocycles. The Morgan fingerprint density at radius 2 is 1.85 bits per heavy atom. The first-order valence-electron chi connectivity index (χ1n) is 7.28. The highest BCUT2D eigenvalue weighted by Gasteiger charge is 2.08. The molecular weight excluding hydrogens is 256 g/mol. The Labute approximate surface area is 121 Å². The zero-order valence-electron chi connectivity index (χ0n) is 12.7. The smallest absolute Gasteiger partial charge is 0.124 e. The van der Waals surface area contributed by atoms with Gasteiger partial charge in [-0.15, -0.1) is 0 Å². The molecule has 1 N–H and O–H groups in total. The summed E-state index contributed by atoms with van der Waals surface area (Å²) in [5, 5.41) is 9.64. The van der Waals surface area contributed by atoms with Crippen molar-refractivity contribution in [1.29, 1.82) is 0 Å². The number of hydrogen-bond donors (Lipinski definition) is 1. The van der Waals surface area contributed by atoms with Crippen LogP contribution in [-0.4, -0.2) is 31.5 Å². The molecule has 1 rings (SSSR count). The lowest BCUT2D eigenvalue weighted by molar-refractivity contribution is 0.0400. The third-order valence-corrected chi connectivity index (χ3v) is 2.84. The number of aliphatic hydroxyl groups excluding tert-OH is 1. The molecule has 1 unspecified atom stereocenters. The summed E-state index contributed by atoms with van der Waals surface area (Å²) in [7, 11) is 0. The van der Waals surface area contributed by atoms with E-state index in [1.807, 2.05) is 25.1 Å². The summed E-state index contributed by atoms with van der Waals surface area (Å²) in [4.78, 5) is 0. The second-order valence-corrected chi connectivity index (χ2v) is 4.64. The summed E-state index contributed by atoms with van der Waals surface area (Å²) in [6, 6.07) is 5.70. The van der Waals surface area contributed by atoms with Crippen LogP contribution in [0.3, 0.4) is 0 Å². The fourth-order valence-electron chi connectivity index (χ4n) is 1.81.